The molecule has 2 aromatic carbocycles. The Kier molecular flexibility index (Phi) is 6.22. The van der Waals surface area contributed by atoms with Crippen molar-refractivity contribution in [1.29, 1.82) is 0 Å². The number of carbonyl (C=O) groups excluding carboxylic acids is 1. The van der Waals surface area contributed by atoms with Gasteiger partial charge in [0.05, 0.1) is 13.2 Å². The summed E-state index contributed by atoms with van der Waals surface area (Å²) in [6, 6.07) is 12.3. The summed E-state index contributed by atoms with van der Waals surface area (Å²) < 4.78 is 32.3. The minimum atomic E-state index is -1.67. The molecule has 2 N–H and O–H groups in total. The summed E-state index contributed by atoms with van der Waals surface area (Å²) in [7, 11) is 0. The molecule has 0 saturated heterocycles. The van der Waals surface area contributed by atoms with Crippen LogP contribution in [0.3, 0.4) is 0 Å². The number of halogens is 2. The van der Waals surface area contributed by atoms with Gasteiger partial charge in [0.15, 0.2) is 0 Å². The third-order valence-corrected chi connectivity index (χ3v) is 3.83. The Balaban J connectivity index is 1.89. The van der Waals surface area contributed by atoms with E-state index in [9.17, 15) is 18.7 Å². The third-order valence-electron chi connectivity index (χ3n) is 3.83. The maximum atomic E-state index is 13.8. The monoisotopic (exact) mass is 349 g/mol. The van der Waals surface area contributed by atoms with E-state index in [1.807, 2.05) is 30.3 Å². The summed E-state index contributed by atoms with van der Waals surface area (Å²) in [4.78, 5) is 12.1. The highest BCUT2D eigenvalue weighted by Gasteiger charge is 2.28. The summed E-state index contributed by atoms with van der Waals surface area (Å²) in [5, 5.41) is 12.9. The number of rotatable bonds is 7. The van der Waals surface area contributed by atoms with Gasteiger partial charge in [-0.15, -0.1) is 0 Å². The fourth-order valence-corrected chi connectivity index (χ4v) is 2.30. The lowest BCUT2D eigenvalue weighted by Gasteiger charge is -2.25. The van der Waals surface area contributed by atoms with Gasteiger partial charge in [-0.05, 0) is 25.5 Å². The van der Waals surface area contributed by atoms with Crippen LogP contribution < -0.4 is 5.32 Å². The fraction of sp³-hybridized carbons (Fsp3) is 0.316. The Hall–Kier alpha value is -2.31. The van der Waals surface area contributed by atoms with E-state index in [1.165, 1.54) is 6.92 Å². The number of hydrogen-bond acceptors (Lipinski definition) is 3. The van der Waals surface area contributed by atoms with Gasteiger partial charge in [0.1, 0.15) is 23.3 Å². The molecule has 0 aromatic heterocycles. The average molecular weight is 349 g/mol. The second kappa shape index (κ2) is 8.18. The molecule has 0 aliphatic rings. The fourth-order valence-electron chi connectivity index (χ4n) is 2.30. The van der Waals surface area contributed by atoms with Crippen LogP contribution in [-0.4, -0.2) is 23.7 Å². The predicted octanol–water partition coefficient (Wildman–Crippen LogP) is 2.89. The van der Waals surface area contributed by atoms with Crippen LogP contribution in [0.25, 0.3) is 0 Å². The maximum absolute atomic E-state index is 13.8. The normalized spacial score (nSPS) is 14.6. The van der Waals surface area contributed by atoms with E-state index in [0.717, 1.165) is 17.7 Å². The van der Waals surface area contributed by atoms with Crippen molar-refractivity contribution in [1.82, 2.24) is 5.32 Å². The second-order valence-electron chi connectivity index (χ2n) is 6.05. The third kappa shape index (κ3) is 5.34. The van der Waals surface area contributed by atoms with Gasteiger partial charge >= 0.3 is 0 Å². The molecule has 2 aromatic rings. The van der Waals surface area contributed by atoms with E-state index < -0.39 is 29.2 Å². The number of hydrogen-bond donors (Lipinski definition) is 2. The van der Waals surface area contributed by atoms with Crippen LogP contribution in [0.2, 0.25) is 0 Å². The van der Waals surface area contributed by atoms with E-state index >= 15 is 0 Å². The molecular weight excluding hydrogens is 328 g/mol. The first-order valence-corrected chi connectivity index (χ1v) is 7.91. The molecule has 134 valence electrons. The number of amides is 1. The summed E-state index contributed by atoms with van der Waals surface area (Å²) in [6.45, 7) is 2.98. The van der Waals surface area contributed by atoms with Gasteiger partial charge < -0.3 is 15.2 Å². The van der Waals surface area contributed by atoms with Gasteiger partial charge in [-0.2, -0.15) is 0 Å². The molecule has 2 rings (SSSR count). The molecular formula is C19H21F2NO3. The van der Waals surface area contributed by atoms with Crippen LogP contribution in [0.15, 0.2) is 48.5 Å². The van der Waals surface area contributed by atoms with E-state index in [1.54, 1.807) is 6.92 Å². The Labute approximate surface area is 145 Å². The molecule has 0 heterocycles. The van der Waals surface area contributed by atoms with Gasteiger partial charge in [-0.3, -0.25) is 4.79 Å². The lowest BCUT2D eigenvalue weighted by molar-refractivity contribution is -0.133. The zero-order chi connectivity index (χ0) is 18.4. The largest absolute Gasteiger partial charge is 0.383 e. The SMILES string of the molecule is CC(OCc1ccccc1)C(=O)NCC(C)(O)c1ccc(F)cc1F. The highest BCUT2D eigenvalue weighted by molar-refractivity contribution is 5.80. The van der Waals surface area contributed by atoms with Gasteiger partial charge in [0, 0.05) is 11.6 Å². The molecule has 0 fully saturated rings. The number of benzene rings is 2. The summed E-state index contributed by atoms with van der Waals surface area (Å²) in [5.41, 5.74) is -0.832. The van der Waals surface area contributed by atoms with Crippen LogP contribution in [-0.2, 0) is 21.7 Å². The van der Waals surface area contributed by atoms with Gasteiger partial charge in [-0.25, -0.2) is 8.78 Å². The lowest BCUT2D eigenvalue weighted by Crippen LogP contribution is -2.43. The minimum absolute atomic E-state index is 0.0907. The van der Waals surface area contributed by atoms with Crippen molar-refractivity contribution in [3.05, 3.63) is 71.3 Å². The molecule has 1 amide bonds. The molecule has 25 heavy (non-hydrogen) atoms. The maximum Gasteiger partial charge on any atom is 0.248 e. The molecule has 0 radical (unpaired) electrons. The highest BCUT2D eigenvalue weighted by atomic mass is 19.1. The second-order valence-corrected chi connectivity index (χ2v) is 6.05. The quantitative estimate of drug-likeness (QED) is 0.808. The molecule has 2 unspecified atom stereocenters. The van der Waals surface area contributed by atoms with Crippen molar-refractivity contribution < 1.29 is 23.4 Å². The molecule has 4 nitrogen and oxygen atoms in total. The van der Waals surface area contributed by atoms with Crippen molar-refractivity contribution in [2.75, 3.05) is 6.54 Å². The van der Waals surface area contributed by atoms with Gasteiger partial charge in [0.25, 0.3) is 0 Å². The molecule has 2 atom stereocenters. The Morgan fingerprint density at radius 2 is 1.92 bits per heavy atom. The van der Waals surface area contributed by atoms with Gasteiger partial charge in [-0.1, -0.05) is 36.4 Å². The topological polar surface area (TPSA) is 58.6 Å². The molecule has 6 heteroatoms. The number of aliphatic hydroxyl groups is 1. The summed E-state index contributed by atoms with van der Waals surface area (Å²) in [5.74, 6) is -2.03. The number of carbonyl (C=O) groups is 1. The predicted molar refractivity (Wildman–Crippen MR) is 89.6 cm³/mol. The first-order valence-electron chi connectivity index (χ1n) is 7.91. The Bertz CT molecular complexity index is 720. The van der Waals surface area contributed by atoms with Crippen molar-refractivity contribution >= 4 is 5.91 Å². The van der Waals surface area contributed by atoms with Gasteiger partial charge in [0.2, 0.25) is 5.91 Å². The zero-order valence-electron chi connectivity index (χ0n) is 14.1. The summed E-state index contributed by atoms with van der Waals surface area (Å²) in [6.07, 6.45) is -0.742. The minimum Gasteiger partial charge on any atom is -0.383 e. The number of nitrogens with one attached hydrogen (secondary N) is 1. The van der Waals surface area contributed by atoms with Crippen molar-refractivity contribution in [3.63, 3.8) is 0 Å². The van der Waals surface area contributed by atoms with Crippen molar-refractivity contribution in [2.45, 2.75) is 32.2 Å². The molecule has 0 spiro atoms. The van der Waals surface area contributed by atoms with E-state index in [2.05, 4.69) is 5.32 Å². The Morgan fingerprint density at radius 1 is 1.24 bits per heavy atom. The average Bonchev–Trinajstić information content (AvgIpc) is 2.58. The standard InChI is InChI=1S/C19H21F2NO3/c1-13(25-11-14-6-4-3-5-7-14)18(23)22-12-19(2,24)16-9-8-15(20)10-17(16)21/h3-10,13,24H,11-12H2,1-2H3,(H,22,23). The first-order chi connectivity index (χ1) is 11.8. The first kappa shape index (κ1) is 19.0. The van der Waals surface area contributed by atoms with Crippen LogP contribution in [0.4, 0.5) is 8.78 Å². The van der Waals surface area contributed by atoms with Crippen LogP contribution in [0.1, 0.15) is 25.0 Å². The van der Waals surface area contributed by atoms with Crippen molar-refractivity contribution in [2.24, 2.45) is 0 Å². The zero-order valence-corrected chi connectivity index (χ0v) is 14.1. The van der Waals surface area contributed by atoms with E-state index in [4.69, 9.17) is 4.74 Å². The van der Waals surface area contributed by atoms with Crippen LogP contribution in [0, 0.1) is 11.6 Å². The molecule has 0 aliphatic heterocycles. The molecule has 0 bridgehead atoms. The molecule has 0 aliphatic carbocycles. The van der Waals surface area contributed by atoms with Crippen LogP contribution in [0.5, 0.6) is 0 Å². The van der Waals surface area contributed by atoms with Crippen molar-refractivity contribution in [3.8, 4) is 0 Å². The Morgan fingerprint density at radius 3 is 2.56 bits per heavy atom. The smallest absolute Gasteiger partial charge is 0.248 e. The molecule has 0 saturated carbocycles. The number of ether oxygens (including phenoxy) is 1. The summed E-state index contributed by atoms with van der Waals surface area (Å²) >= 11 is 0. The van der Waals surface area contributed by atoms with E-state index in [0.29, 0.717) is 6.07 Å². The lowest BCUT2D eigenvalue weighted by atomic mass is 9.95. The van der Waals surface area contributed by atoms with E-state index in [-0.39, 0.29) is 18.7 Å². The van der Waals surface area contributed by atoms with Crippen LogP contribution >= 0.6 is 0 Å². The highest BCUT2D eigenvalue weighted by Crippen LogP contribution is 2.23.